The fraction of sp³-hybridized carbons (Fsp3) is 0.312. The van der Waals surface area contributed by atoms with Crippen LogP contribution in [-0.4, -0.2) is 5.78 Å². The third-order valence-electron chi connectivity index (χ3n) is 3.81. The van der Waals surface area contributed by atoms with E-state index in [2.05, 4.69) is 23.5 Å². The van der Waals surface area contributed by atoms with Crippen molar-refractivity contribution in [3.8, 4) is 0 Å². The molecule has 3 rings (SSSR count). The highest BCUT2D eigenvalue weighted by Gasteiger charge is 2.43. The monoisotopic (exact) mass is 271 g/mol. The summed E-state index contributed by atoms with van der Waals surface area (Å²) in [6.45, 7) is 0.741. The van der Waals surface area contributed by atoms with Crippen molar-refractivity contribution in [3.63, 3.8) is 0 Å². The molecule has 98 valence electrons. The molecule has 1 heterocycles. The van der Waals surface area contributed by atoms with E-state index in [4.69, 9.17) is 0 Å². The molecule has 1 aliphatic rings. The summed E-state index contributed by atoms with van der Waals surface area (Å²) in [5, 5.41) is 5.57. The molecule has 1 fully saturated rings. The Hall–Kier alpha value is -1.45. The molecule has 0 aliphatic heterocycles. The van der Waals surface area contributed by atoms with Crippen LogP contribution in [0.15, 0.2) is 47.8 Å². The van der Waals surface area contributed by atoms with Crippen LogP contribution < -0.4 is 5.32 Å². The van der Waals surface area contributed by atoms with Crippen molar-refractivity contribution in [2.45, 2.75) is 31.3 Å². The number of hydrogen-bond acceptors (Lipinski definition) is 3. The van der Waals surface area contributed by atoms with Gasteiger partial charge in [-0.1, -0.05) is 36.4 Å². The number of benzene rings is 1. The summed E-state index contributed by atoms with van der Waals surface area (Å²) < 4.78 is 0. The number of Topliss-reactive ketones (excluding diaryl/α,β-unsaturated/α-hetero) is 1. The highest BCUT2D eigenvalue weighted by atomic mass is 32.1. The largest absolute Gasteiger partial charge is 0.297 e. The summed E-state index contributed by atoms with van der Waals surface area (Å²) in [4.78, 5) is 13.5. The van der Waals surface area contributed by atoms with Crippen LogP contribution in [0.2, 0.25) is 0 Å². The molecule has 1 N–H and O–H groups in total. The molecule has 0 saturated heterocycles. The average molecular weight is 271 g/mol. The van der Waals surface area contributed by atoms with Crippen LogP contribution in [0.4, 0.5) is 0 Å². The van der Waals surface area contributed by atoms with Crippen LogP contribution in [0.3, 0.4) is 0 Å². The van der Waals surface area contributed by atoms with E-state index in [0.29, 0.717) is 12.2 Å². The first-order valence-corrected chi connectivity index (χ1v) is 7.55. The van der Waals surface area contributed by atoms with Gasteiger partial charge in [0, 0.05) is 17.8 Å². The number of nitrogens with one attached hydrogen (secondary N) is 1. The van der Waals surface area contributed by atoms with E-state index in [1.807, 2.05) is 29.6 Å². The van der Waals surface area contributed by atoms with Crippen molar-refractivity contribution < 1.29 is 4.79 Å². The molecule has 0 bridgehead atoms. The number of thiophene rings is 1. The maximum absolute atomic E-state index is 12.4. The third kappa shape index (κ3) is 2.36. The normalized spacial score (nSPS) is 22.8. The Labute approximate surface area is 117 Å². The number of carbonyl (C=O) groups is 1. The van der Waals surface area contributed by atoms with Crippen molar-refractivity contribution in [1.82, 2.24) is 5.32 Å². The summed E-state index contributed by atoms with van der Waals surface area (Å²) in [6, 6.07) is 14.4. The molecule has 1 unspecified atom stereocenters. The lowest BCUT2D eigenvalue weighted by Gasteiger charge is -2.28. The molecule has 0 spiro atoms. The second kappa shape index (κ2) is 5.27. The predicted molar refractivity (Wildman–Crippen MR) is 78.1 cm³/mol. The molecule has 0 radical (unpaired) electrons. The van der Waals surface area contributed by atoms with Crippen molar-refractivity contribution in [2.75, 3.05) is 0 Å². The highest BCUT2D eigenvalue weighted by Crippen LogP contribution is 2.38. The summed E-state index contributed by atoms with van der Waals surface area (Å²) >= 11 is 1.67. The first-order chi connectivity index (χ1) is 9.31. The lowest BCUT2D eigenvalue weighted by Crippen LogP contribution is -2.44. The maximum Gasteiger partial charge on any atom is 0.158 e. The Morgan fingerprint density at radius 2 is 2.00 bits per heavy atom. The first kappa shape index (κ1) is 12.6. The van der Waals surface area contributed by atoms with Gasteiger partial charge in [0.1, 0.15) is 5.54 Å². The van der Waals surface area contributed by atoms with Gasteiger partial charge in [-0.25, -0.2) is 0 Å². The Morgan fingerprint density at radius 3 is 2.63 bits per heavy atom. The number of hydrogen-bond donors (Lipinski definition) is 1. The Kier molecular flexibility index (Phi) is 3.49. The zero-order valence-electron chi connectivity index (χ0n) is 10.8. The van der Waals surface area contributed by atoms with Gasteiger partial charge in [0.05, 0.1) is 0 Å². The Balaban J connectivity index is 1.83. The summed E-state index contributed by atoms with van der Waals surface area (Å²) in [7, 11) is 0. The molecule has 19 heavy (non-hydrogen) atoms. The smallest absolute Gasteiger partial charge is 0.158 e. The second-order valence-electron chi connectivity index (χ2n) is 5.00. The molecule has 1 aromatic carbocycles. The third-order valence-corrected chi connectivity index (χ3v) is 4.84. The van der Waals surface area contributed by atoms with E-state index >= 15 is 0 Å². The van der Waals surface area contributed by atoms with Gasteiger partial charge in [-0.3, -0.25) is 10.1 Å². The van der Waals surface area contributed by atoms with Gasteiger partial charge in [-0.05, 0) is 29.9 Å². The molecule has 2 aromatic rings. The highest BCUT2D eigenvalue weighted by molar-refractivity contribution is 7.10. The van der Waals surface area contributed by atoms with Crippen LogP contribution in [-0.2, 0) is 16.9 Å². The van der Waals surface area contributed by atoms with Gasteiger partial charge in [0.15, 0.2) is 5.78 Å². The molecular weight excluding hydrogens is 254 g/mol. The summed E-state index contributed by atoms with van der Waals surface area (Å²) in [5.74, 6) is 0.339. The average Bonchev–Trinajstić information content (AvgIpc) is 3.08. The summed E-state index contributed by atoms with van der Waals surface area (Å²) in [5.41, 5.74) is 0.780. The molecule has 2 nitrogen and oxygen atoms in total. The molecule has 1 aromatic heterocycles. The number of ketones is 1. The van der Waals surface area contributed by atoms with Crippen LogP contribution >= 0.6 is 11.3 Å². The van der Waals surface area contributed by atoms with E-state index in [1.165, 1.54) is 5.56 Å². The zero-order valence-corrected chi connectivity index (χ0v) is 11.6. The van der Waals surface area contributed by atoms with Crippen LogP contribution in [0.1, 0.15) is 29.7 Å². The van der Waals surface area contributed by atoms with Crippen LogP contribution in [0.25, 0.3) is 0 Å². The Morgan fingerprint density at radius 1 is 1.16 bits per heavy atom. The topological polar surface area (TPSA) is 29.1 Å². The standard InChI is InChI=1S/C16H17NOS/c18-14-8-4-10-16(14,15-9-5-11-19-15)17-12-13-6-2-1-3-7-13/h1-3,5-7,9,11,17H,4,8,10,12H2. The van der Waals surface area contributed by atoms with Gasteiger partial charge >= 0.3 is 0 Å². The SMILES string of the molecule is O=C1CCCC1(NCc1ccccc1)c1cccs1. The molecule has 1 atom stereocenters. The molecule has 0 amide bonds. The van der Waals surface area contributed by atoms with E-state index in [0.717, 1.165) is 24.3 Å². The van der Waals surface area contributed by atoms with Crippen molar-refractivity contribution in [3.05, 3.63) is 58.3 Å². The minimum Gasteiger partial charge on any atom is -0.297 e. The lowest BCUT2D eigenvalue weighted by atomic mass is 9.94. The zero-order chi connectivity index (χ0) is 13.1. The van der Waals surface area contributed by atoms with E-state index in [1.54, 1.807) is 11.3 Å². The minimum absolute atomic E-state index is 0.339. The van der Waals surface area contributed by atoms with E-state index < -0.39 is 5.54 Å². The van der Waals surface area contributed by atoms with Crippen molar-refractivity contribution in [2.24, 2.45) is 0 Å². The molecular formula is C16H17NOS. The lowest BCUT2D eigenvalue weighted by molar-refractivity contribution is -0.123. The second-order valence-corrected chi connectivity index (χ2v) is 5.95. The van der Waals surface area contributed by atoms with Gasteiger partial charge in [0.2, 0.25) is 0 Å². The predicted octanol–water partition coefficient (Wildman–Crippen LogP) is 3.49. The first-order valence-electron chi connectivity index (χ1n) is 6.67. The van der Waals surface area contributed by atoms with Gasteiger partial charge < -0.3 is 0 Å². The number of rotatable bonds is 4. The molecule has 1 aliphatic carbocycles. The summed E-state index contributed by atoms with van der Waals surface area (Å²) in [6.07, 6.45) is 2.59. The fourth-order valence-electron chi connectivity index (χ4n) is 2.77. The van der Waals surface area contributed by atoms with Crippen LogP contribution in [0.5, 0.6) is 0 Å². The van der Waals surface area contributed by atoms with E-state index in [-0.39, 0.29) is 0 Å². The van der Waals surface area contributed by atoms with Gasteiger partial charge in [0.25, 0.3) is 0 Å². The maximum atomic E-state index is 12.4. The van der Waals surface area contributed by atoms with Crippen LogP contribution in [0, 0.1) is 0 Å². The Bertz CT molecular complexity index is 549. The molecule has 3 heteroatoms. The van der Waals surface area contributed by atoms with Crippen molar-refractivity contribution in [1.29, 1.82) is 0 Å². The number of carbonyl (C=O) groups excluding carboxylic acids is 1. The van der Waals surface area contributed by atoms with E-state index in [9.17, 15) is 4.79 Å². The minimum atomic E-state index is -0.440. The molecule has 1 saturated carbocycles. The van der Waals surface area contributed by atoms with Crippen molar-refractivity contribution >= 4 is 17.1 Å². The quantitative estimate of drug-likeness (QED) is 0.922. The van der Waals surface area contributed by atoms with Gasteiger partial charge in [-0.15, -0.1) is 11.3 Å². The fourth-order valence-corrected chi connectivity index (χ4v) is 3.72. The van der Waals surface area contributed by atoms with Gasteiger partial charge in [-0.2, -0.15) is 0 Å².